The molecule has 0 bridgehead atoms. The third kappa shape index (κ3) is 7.07. The minimum absolute atomic E-state index is 0.0218. The van der Waals surface area contributed by atoms with Crippen molar-refractivity contribution in [2.24, 2.45) is 0 Å². The number of hydrogen-bond acceptors (Lipinski definition) is 3. The molecule has 6 aromatic carbocycles. The van der Waals surface area contributed by atoms with Crippen LogP contribution in [0, 0.1) is 0 Å². The Kier molecular flexibility index (Phi) is 9.76. The van der Waals surface area contributed by atoms with Crippen LogP contribution >= 0.6 is 0 Å². The van der Waals surface area contributed by atoms with E-state index in [4.69, 9.17) is 4.42 Å². The van der Waals surface area contributed by atoms with Gasteiger partial charge < -0.3 is 9.32 Å². The normalized spacial score (nSPS) is 16.5. The van der Waals surface area contributed by atoms with Gasteiger partial charge in [0.1, 0.15) is 5.58 Å². The van der Waals surface area contributed by atoms with Crippen LogP contribution in [0.3, 0.4) is 0 Å². The van der Waals surface area contributed by atoms with Gasteiger partial charge in [0.05, 0.1) is 5.69 Å². The van der Waals surface area contributed by atoms with Gasteiger partial charge in [-0.25, -0.2) is 0 Å². The lowest BCUT2D eigenvalue weighted by Gasteiger charge is -2.44. The van der Waals surface area contributed by atoms with Gasteiger partial charge in [0.2, 0.25) is 5.88 Å². The third-order valence-corrected chi connectivity index (χ3v) is 15.6. The second-order valence-electron chi connectivity index (χ2n) is 25.4. The van der Waals surface area contributed by atoms with Crippen molar-refractivity contribution in [2.75, 3.05) is 9.80 Å². The summed E-state index contributed by atoms with van der Waals surface area (Å²) in [7, 11) is 0. The van der Waals surface area contributed by atoms with Crippen molar-refractivity contribution >= 4 is 68.4 Å². The number of rotatable bonds is 3. The largest absolute Gasteiger partial charge is 0.440 e. The molecule has 3 nitrogen and oxygen atoms in total. The Morgan fingerprint density at radius 1 is 0.470 bits per heavy atom. The first-order valence-electron chi connectivity index (χ1n) is 24.6. The Bertz CT molecular complexity index is 3060. The average Bonchev–Trinajstić information content (AvgIpc) is 3.61. The Labute approximate surface area is 396 Å². The van der Waals surface area contributed by atoms with Gasteiger partial charge in [0.15, 0.2) is 0 Å². The van der Waals surface area contributed by atoms with Gasteiger partial charge in [0.25, 0.3) is 6.71 Å². The molecule has 1 aromatic heterocycles. The second-order valence-corrected chi connectivity index (χ2v) is 25.4. The van der Waals surface area contributed by atoms with Crippen molar-refractivity contribution in [3.63, 3.8) is 0 Å². The molecule has 0 spiro atoms. The maximum atomic E-state index is 7.52. The summed E-state index contributed by atoms with van der Waals surface area (Å²) in [6, 6.07) is 45.0. The van der Waals surface area contributed by atoms with Gasteiger partial charge in [-0.2, -0.15) is 0 Å². The summed E-state index contributed by atoms with van der Waals surface area (Å²) in [6.07, 6.45) is 2.31. The van der Waals surface area contributed by atoms with E-state index in [9.17, 15) is 0 Å². The summed E-state index contributed by atoms with van der Waals surface area (Å²) in [5, 5.41) is 1.23. The standard InChI is InChI=1S/C62H71BN2O/c1-57(2,3)39-22-26-43(27-23-39)64-51-34-42(60(10,11)12)35-52-55(51)63(54-45-36-46-47(37-53(45)66-56(54)64)62(15,16)31-30-61(46,13)14)48-33-41(59(7,8)9)25-29-50(48)65(52)49-28-24-40(58(4,5)6)32-44(49)38-20-18-17-19-21-38/h17-29,32-37H,30-31H2,1-16H3. The molecule has 0 N–H and O–H groups in total. The molecule has 2 aliphatic heterocycles. The molecule has 0 fully saturated rings. The predicted octanol–water partition coefficient (Wildman–Crippen LogP) is 15.7. The molecule has 3 heterocycles. The zero-order chi connectivity index (χ0) is 47.3. The molecule has 10 rings (SSSR count). The summed E-state index contributed by atoms with van der Waals surface area (Å²) in [4.78, 5) is 5.11. The molecular formula is C62H71BN2O. The Morgan fingerprint density at radius 3 is 1.56 bits per heavy atom. The van der Waals surface area contributed by atoms with E-state index in [2.05, 4.69) is 236 Å². The van der Waals surface area contributed by atoms with Crippen molar-refractivity contribution in [3.8, 4) is 11.1 Å². The SMILES string of the molecule is CC(C)(C)c1ccc(N2c3cc(C(C)(C)C)cc4c3B(c3cc(C(C)(C)C)ccc3N4c3ccc(C(C)(C)C)cc3-c3ccccc3)c3c2oc2cc4c(cc32)C(C)(C)CCC4(C)C)cc1. The van der Waals surface area contributed by atoms with E-state index in [-0.39, 0.29) is 39.2 Å². The van der Waals surface area contributed by atoms with Crippen LogP contribution in [0.2, 0.25) is 0 Å². The Morgan fingerprint density at radius 2 is 0.985 bits per heavy atom. The van der Waals surface area contributed by atoms with Crippen LogP contribution < -0.4 is 26.2 Å². The first-order chi connectivity index (χ1) is 30.7. The molecule has 3 aliphatic rings. The highest BCUT2D eigenvalue weighted by molar-refractivity contribution is 7.01. The summed E-state index contributed by atoms with van der Waals surface area (Å²) < 4.78 is 7.52. The second kappa shape index (κ2) is 14.5. The van der Waals surface area contributed by atoms with Crippen LogP contribution in [-0.4, -0.2) is 6.71 Å². The van der Waals surface area contributed by atoms with Gasteiger partial charge in [0, 0.05) is 39.2 Å². The van der Waals surface area contributed by atoms with E-state index in [1.165, 1.54) is 89.0 Å². The van der Waals surface area contributed by atoms with Gasteiger partial charge in [-0.05, 0) is 150 Å². The molecule has 0 saturated carbocycles. The summed E-state index contributed by atoms with van der Waals surface area (Å²) >= 11 is 0. The monoisotopic (exact) mass is 871 g/mol. The van der Waals surface area contributed by atoms with Gasteiger partial charge >= 0.3 is 0 Å². The topological polar surface area (TPSA) is 19.6 Å². The fourth-order valence-corrected chi connectivity index (χ4v) is 11.2. The number of anilines is 6. The van der Waals surface area contributed by atoms with E-state index in [0.717, 1.165) is 30.0 Å². The molecule has 66 heavy (non-hydrogen) atoms. The molecule has 0 saturated heterocycles. The zero-order valence-corrected chi connectivity index (χ0v) is 42.8. The maximum absolute atomic E-state index is 7.52. The molecular weight excluding hydrogens is 800 g/mol. The smallest absolute Gasteiger partial charge is 0.257 e. The molecule has 7 aromatic rings. The van der Waals surface area contributed by atoms with E-state index in [0.29, 0.717) is 0 Å². The lowest BCUT2D eigenvalue weighted by molar-refractivity contribution is 0.332. The molecule has 0 atom stereocenters. The van der Waals surface area contributed by atoms with Crippen LogP contribution in [0.15, 0.2) is 120 Å². The maximum Gasteiger partial charge on any atom is 0.257 e. The van der Waals surface area contributed by atoms with Crippen molar-refractivity contribution in [2.45, 2.75) is 156 Å². The van der Waals surface area contributed by atoms with Crippen LogP contribution in [0.5, 0.6) is 0 Å². The van der Waals surface area contributed by atoms with E-state index >= 15 is 0 Å². The summed E-state index contributed by atoms with van der Waals surface area (Å²) in [5.41, 5.74) is 21.3. The van der Waals surface area contributed by atoms with E-state index in [1.54, 1.807) is 0 Å². The highest BCUT2D eigenvalue weighted by Gasteiger charge is 2.48. The van der Waals surface area contributed by atoms with Crippen molar-refractivity contribution in [1.82, 2.24) is 0 Å². The zero-order valence-electron chi connectivity index (χ0n) is 42.8. The summed E-state index contributed by atoms with van der Waals surface area (Å²) in [6.45, 7) is 37.6. The number of fused-ring (bicyclic) bond motifs is 7. The fraction of sp³-hybridized carbons (Fsp3) is 0.387. The van der Waals surface area contributed by atoms with E-state index < -0.39 is 0 Å². The molecule has 1 aliphatic carbocycles. The van der Waals surface area contributed by atoms with Crippen molar-refractivity contribution in [1.29, 1.82) is 0 Å². The third-order valence-electron chi connectivity index (χ3n) is 15.6. The summed E-state index contributed by atoms with van der Waals surface area (Å²) in [5.74, 6) is 0.932. The molecule has 0 amide bonds. The first-order valence-corrected chi connectivity index (χ1v) is 24.6. The van der Waals surface area contributed by atoms with Crippen LogP contribution in [0.1, 0.15) is 157 Å². The lowest BCUT2D eigenvalue weighted by Crippen LogP contribution is -2.61. The number of benzene rings is 6. The minimum Gasteiger partial charge on any atom is -0.440 e. The highest BCUT2D eigenvalue weighted by atomic mass is 16.4. The van der Waals surface area contributed by atoms with Crippen molar-refractivity contribution < 1.29 is 4.42 Å². The van der Waals surface area contributed by atoms with Gasteiger partial charge in [-0.1, -0.05) is 171 Å². The minimum atomic E-state index is -0.145. The molecule has 338 valence electrons. The van der Waals surface area contributed by atoms with Gasteiger partial charge in [-0.3, -0.25) is 4.90 Å². The average molecular weight is 871 g/mol. The number of nitrogens with zero attached hydrogens (tertiary/aromatic N) is 2. The fourth-order valence-electron chi connectivity index (χ4n) is 11.2. The van der Waals surface area contributed by atoms with Crippen LogP contribution in [0.25, 0.3) is 22.1 Å². The lowest BCUT2D eigenvalue weighted by atomic mass is 9.33. The molecule has 0 unspecified atom stereocenters. The van der Waals surface area contributed by atoms with Crippen LogP contribution in [-0.2, 0) is 32.5 Å². The van der Waals surface area contributed by atoms with Gasteiger partial charge in [-0.15, -0.1) is 0 Å². The number of furan rings is 1. The predicted molar refractivity (Wildman–Crippen MR) is 286 cm³/mol. The Hall–Kier alpha value is -5.48. The van der Waals surface area contributed by atoms with E-state index in [1.807, 2.05) is 0 Å². The van der Waals surface area contributed by atoms with Crippen LogP contribution in [0.4, 0.5) is 34.3 Å². The Balaban J connectivity index is 1.37. The quantitative estimate of drug-likeness (QED) is 0.165. The highest BCUT2D eigenvalue weighted by Crippen LogP contribution is 2.52. The molecule has 4 heteroatoms. The first kappa shape index (κ1) is 44.4. The molecule has 0 radical (unpaired) electrons. The van der Waals surface area contributed by atoms with Crippen molar-refractivity contribution in [3.05, 3.63) is 149 Å². The number of hydrogen-bond donors (Lipinski definition) is 0.